The molecule has 1 saturated carbocycles. The third-order valence-electron chi connectivity index (χ3n) is 6.69. The van der Waals surface area contributed by atoms with Crippen molar-refractivity contribution in [2.75, 3.05) is 30.0 Å². The van der Waals surface area contributed by atoms with Gasteiger partial charge in [-0.1, -0.05) is 18.2 Å². The summed E-state index contributed by atoms with van der Waals surface area (Å²) in [7, 11) is 3.28. The van der Waals surface area contributed by atoms with Crippen LogP contribution < -0.4 is 21.3 Å². The van der Waals surface area contributed by atoms with Gasteiger partial charge in [-0.25, -0.2) is 9.97 Å². The molecule has 11 heteroatoms. The highest BCUT2D eigenvalue weighted by atomic mass is 16.2. The molecule has 11 nitrogen and oxygen atoms in total. The molecule has 0 aliphatic heterocycles. The zero-order chi connectivity index (χ0) is 27.6. The molecule has 0 radical (unpaired) electrons. The van der Waals surface area contributed by atoms with Crippen molar-refractivity contribution in [3.05, 3.63) is 83.3 Å². The topological polar surface area (TPSA) is 150 Å². The molecule has 2 heterocycles. The SMILES string of the molecule is CNC(=O)c1cc(Nc2cc(NC(=O)c3cccc(C4(C#N)CC4)c3)ccc2C)n(-c2cc(NC)ncn2)n1. The third-order valence-corrected chi connectivity index (χ3v) is 6.69. The van der Waals surface area contributed by atoms with Crippen LogP contribution in [0.25, 0.3) is 5.82 Å². The van der Waals surface area contributed by atoms with Crippen LogP contribution in [0.5, 0.6) is 0 Å². The van der Waals surface area contributed by atoms with Crippen LogP contribution in [0.4, 0.5) is 23.0 Å². The van der Waals surface area contributed by atoms with E-state index in [0.29, 0.717) is 34.4 Å². The number of anilines is 4. The number of hydrogen-bond acceptors (Lipinski definition) is 8. The van der Waals surface area contributed by atoms with E-state index in [0.717, 1.165) is 24.0 Å². The minimum Gasteiger partial charge on any atom is -0.373 e. The first-order valence-corrected chi connectivity index (χ1v) is 12.4. The number of nitrogens with one attached hydrogen (secondary N) is 4. The predicted octanol–water partition coefficient (Wildman–Crippen LogP) is 3.92. The number of amides is 2. The number of benzene rings is 2. The second kappa shape index (κ2) is 10.3. The fourth-order valence-electron chi connectivity index (χ4n) is 4.21. The van der Waals surface area contributed by atoms with Gasteiger partial charge in [-0.2, -0.15) is 15.0 Å². The zero-order valence-corrected chi connectivity index (χ0v) is 21.7. The van der Waals surface area contributed by atoms with Gasteiger partial charge >= 0.3 is 0 Å². The Balaban J connectivity index is 1.43. The van der Waals surface area contributed by atoms with Gasteiger partial charge in [-0.15, -0.1) is 0 Å². The summed E-state index contributed by atoms with van der Waals surface area (Å²) < 4.78 is 1.52. The average Bonchev–Trinajstić information content (AvgIpc) is 3.67. The normalized spacial score (nSPS) is 13.2. The molecule has 1 fully saturated rings. The molecule has 0 saturated heterocycles. The fraction of sp³-hybridized carbons (Fsp3) is 0.214. The van der Waals surface area contributed by atoms with Crippen LogP contribution in [-0.2, 0) is 5.41 Å². The van der Waals surface area contributed by atoms with E-state index in [-0.39, 0.29) is 17.5 Å². The number of carbonyl (C=O) groups excluding carboxylic acids is 2. The number of hydrogen-bond donors (Lipinski definition) is 4. The Morgan fingerprint density at radius 2 is 1.85 bits per heavy atom. The lowest BCUT2D eigenvalue weighted by molar-refractivity contribution is 0.0956. The maximum Gasteiger partial charge on any atom is 0.271 e. The van der Waals surface area contributed by atoms with Crippen LogP contribution in [0.1, 0.15) is 44.8 Å². The van der Waals surface area contributed by atoms with Gasteiger partial charge in [-0.05, 0) is 55.2 Å². The fourth-order valence-corrected chi connectivity index (χ4v) is 4.21. The molecule has 0 unspecified atom stereocenters. The van der Waals surface area contributed by atoms with Gasteiger partial charge in [0, 0.05) is 43.2 Å². The van der Waals surface area contributed by atoms with Gasteiger partial charge in [0.2, 0.25) is 0 Å². The molecule has 4 N–H and O–H groups in total. The molecule has 1 aliphatic carbocycles. The maximum atomic E-state index is 13.1. The van der Waals surface area contributed by atoms with E-state index >= 15 is 0 Å². The first-order valence-electron chi connectivity index (χ1n) is 12.4. The molecular formula is C28H27N9O2. The summed E-state index contributed by atoms with van der Waals surface area (Å²) in [5.41, 5.74) is 3.29. The molecule has 2 aromatic carbocycles. The van der Waals surface area contributed by atoms with Crippen molar-refractivity contribution in [3.8, 4) is 11.9 Å². The highest BCUT2D eigenvalue weighted by Gasteiger charge is 2.45. The van der Waals surface area contributed by atoms with Gasteiger partial charge in [0.1, 0.15) is 18.0 Å². The summed E-state index contributed by atoms with van der Waals surface area (Å²) in [4.78, 5) is 33.9. The Morgan fingerprint density at radius 3 is 2.56 bits per heavy atom. The van der Waals surface area contributed by atoms with E-state index in [2.05, 4.69) is 42.4 Å². The molecule has 0 bridgehead atoms. The molecule has 2 amide bonds. The van der Waals surface area contributed by atoms with Crippen LogP contribution in [-0.4, -0.2) is 45.7 Å². The number of aromatic nitrogens is 4. The minimum atomic E-state index is -0.467. The first kappa shape index (κ1) is 25.4. The Kier molecular flexibility index (Phi) is 6.68. The summed E-state index contributed by atoms with van der Waals surface area (Å²) in [6.07, 6.45) is 3.03. The van der Waals surface area contributed by atoms with Crippen molar-refractivity contribution in [2.45, 2.75) is 25.2 Å². The molecule has 1 aliphatic rings. The third kappa shape index (κ3) is 5.13. The van der Waals surface area contributed by atoms with Crippen LogP contribution in [0.15, 0.2) is 60.9 Å². The molecule has 196 valence electrons. The van der Waals surface area contributed by atoms with E-state index in [1.165, 1.54) is 18.1 Å². The molecule has 39 heavy (non-hydrogen) atoms. The van der Waals surface area contributed by atoms with E-state index in [1.54, 1.807) is 31.3 Å². The van der Waals surface area contributed by atoms with E-state index in [4.69, 9.17) is 0 Å². The summed E-state index contributed by atoms with van der Waals surface area (Å²) in [6, 6.07) is 18.4. The summed E-state index contributed by atoms with van der Waals surface area (Å²) in [5.74, 6) is 0.937. The monoisotopic (exact) mass is 521 g/mol. The van der Waals surface area contributed by atoms with Gasteiger partial charge in [-0.3, -0.25) is 9.59 Å². The Bertz CT molecular complexity index is 1620. The molecule has 2 aromatic heterocycles. The van der Waals surface area contributed by atoms with Gasteiger partial charge in [0.25, 0.3) is 11.8 Å². The van der Waals surface area contributed by atoms with Gasteiger partial charge in [0.05, 0.1) is 11.5 Å². The van der Waals surface area contributed by atoms with Crippen molar-refractivity contribution in [3.63, 3.8) is 0 Å². The largest absolute Gasteiger partial charge is 0.373 e. The maximum absolute atomic E-state index is 13.1. The standard InChI is InChI=1S/C28H27N9O2/c1-17-7-8-20(34-26(38)18-5-4-6-19(11-18)28(15-29)9-10-28)12-21(17)35-25-13-22(27(39)31-3)36-37(25)24-14-23(30-2)32-16-33-24/h4-8,11-14,16,35H,9-10H2,1-3H3,(H,31,39)(H,34,38)(H,30,32,33). The molecule has 4 aromatic rings. The highest BCUT2D eigenvalue weighted by molar-refractivity contribution is 6.04. The Hall–Kier alpha value is -5.24. The summed E-state index contributed by atoms with van der Waals surface area (Å²) >= 11 is 0. The van der Waals surface area contributed by atoms with E-state index < -0.39 is 5.41 Å². The van der Waals surface area contributed by atoms with Crippen LogP contribution in [0.2, 0.25) is 0 Å². The molecular weight excluding hydrogens is 494 g/mol. The average molecular weight is 522 g/mol. The van der Waals surface area contributed by atoms with Crippen LogP contribution in [0, 0.1) is 18.3 Å². The quantitative estimate of drug-likeness (QED) is 0.272. The van der Waals surface area contributed by atoms with Crippen LogP contribution >= 0.6 is 0 Å². The molecule has 0 atom stereocenters. The lowest BCUT2D eigenvalue weighted by Crippen LogP contribution is -2.18. The second-order valence-electron chi connectivity index (χ2n) is 9.30. The first-order chi connectivity index (χ1) is 18.9. The predicted molar refractivity (Wildman–Crippen MR) is 147 cm³/mol. The molecule has 5 rings (SSSR count). The Labute approximate surface area is 225 Å². The molecule has 0 spiro atoms. The highest BCUT2D eigenvalue weighted by Crippen LogP contribution is 2.47. The van der Waals surface area contributed by atoms with Gasteiger partial charge < -0.3 is 21.3 Å². The van der Waals surface area contributed by atoms with Crippen molar-refractivity contribution >= 4 is 34.8 Å². The lowest BCUT2D eigenvalue weighted by atomic mass is 9.96. The summed E-state index contributed by atoms with van der Waals surface area (Å²) in [5, 5.41) is 25.8. The smallest absolute Gasteiger partial charge is 0.271 e. The number of nitriles is 1. The van der Waals surface area contributed by atoms with Crippen molar-refractivity contribution in [1.29, 1.82) is 5.26 Å². The van der Waals surface area contributed by atoms with E-state index in [9.17, 15) is 14.9 Å². The number of nitrogens with zero attached hydrogens (tertiary/aromatic N) is 5. The Morgan fingerprint density at radius 1 is 1.03 bits per heavy atom. The van der Waals surface area contributed by atoms with Crippen molar-refractivity contribution < 1.29 is 9.59 Å². The van der Waals surface area contributed by atoms with Gasteiger partial charge in [0.15, 0.2) is 11.5 Å². The van der Waals surface area contributed by atoms with E-state index in [1.807, 2.05) is 37.3 Å². The number of rotatable bonds is 8. The van der Waals surface area contributed by atoms with Crippen molar-refractivity contribution in [2.24, 2.45) is 0 Å². The van der Waals surface area contributed by atoms with Crippen LogP contribution in [0.3, 0.4) is 0 Å². The second-order valence-corrected chi connectivity index (χ2v) is 9.30. The minimum absolute atomic E-state index is 0.206. The number of carbonyl (C=O) groups is 2. The zero-order valence-electron chi connectivity index (χ0n) is 21.7. The lowest BCUT2D eigenvalue weighted by Gasteiger charge is -2.14. The number of aryl methyl sites for hydroxylation is 1. The van der Waals surface area contributed by atoms with Crippen molar-refractivity contribution in [1.82, 2.24) is 25.1 Å². The summed E-state index contributed by atoms with van der Waals surface area (Å²) in [6.45, 7) is 1.93.